The summed E-state index contributed by atoms with van der Waals surface area (Å²) in [5.74, 6) is 1.47. The molecule has 0 saturated carbocycles. The van der Waals surface area contributed by atoms with Gasteiger partial charge < -0.3 is 13.9 Å². The topological polar surface area (TPSA) is 44.5 Å². The number of oxazole rings is 1. The molecule has 1 aromatic carbocycles. The van der Waals surface area contributed by atoms with Crippen molar-refractivity contribution in [2.75, 3.05) is 14.2 Å². The van der Waals surface area contributed by atoms with Crippen molar-refractivity contribution in [2.24, 2.45) is 0 Å². The molecule has 0 fully saturated rings. The van der Waals surface area contributed by atoms with E-state index >= 15 is 0 Å². The highest BCUT2D eigenvalue weighted by atomic mass is 79.9. The minimum atomic E-state index is 0.437. The molecule has 1 heterocycles. The van der Waals surface area contributed by atoms with E-state index < -0.39 is 0 Å². The number of ether oxygens (including phenoxy) is 2. The summed E-state index contributed by atoms with van der Waals surface area (Å²) < 4.78 is 15.5. The lowest BCUT2D eigenvalue weighted by molar-refractivity contribution is 0.404. The van der Waals surface area contributed by atoms with Crippen LogP contribution >= 0.6 is 15.9 Å². The molecule has 0 amide bonds. The summed E-state index contributed by atoms with van der Waals surface area (Å²) in [7, 11) is 3.23. The number of hydrogen-bond donors (Lipinski definition) is 0. The van der Waals surface area contributed by atoms with Gasteiger partial charge in [-0.2, -0.15) is 0 Å². The van der Waals surface area contributed by atoms with E-state index in [2.05, 4.69) is 20.9 Å². The highest BCUT2D eigenvalue weighted by molar-refractivity contribution is 9.10. The van der Waals surface area contributed by atoms with Crippen LogP contribution in [0.2, 0.25) is 0 Å². The van der Waals surface area contributed by atoms with E-state index in [1.807, 2.05) is 18.2 Å². The maximum absolute atomic E-state index is 5.26. The number of benzene rings is 1. The van der Waals surface area contributed by atoms with Gasteiger partial charge in [0.1, 0.15) is 23.5 Å². The van der Waals surface area contributed by atoms with Crippen LogP contribution in [0.25, 0.3) is 11.3 Å². The molecule has 0 spiro atoms. The molecule has 0 atom stereocenters. The van der Waals surface area contributed by atoms with Crippen LogP contribution in [0.3, 0.4) is 0 Å². The average molecular weight is 284 g/mol. The zero-order valence-electron chi connectivity index (χ0n) is 8.86. The van der Waals surface area contributed by atoms with Crippen LogP contribution < -0.4 is 9.47 Å². The van der Waals surface area contributed by atoms with Crippen molar-refractivity contribution in [1.82, 2.24) is 4.98 Å². The number of methoxy groups -OCH3 is 2. The number of rotatable bonds is 3. The fourth-order valence-electron chi connectivity index (χ4n) is 1.39. The van der Waals surface area contributed by atoms with Crippen molar-refractivity contribution in [3.05, 3.63) is 29.3 Å². The van der Waals surface area contributed by atoms with Crippen LogP contribution in [0.5, 0.6) is 11.5 Å². The summed E-state index contributed by atoms with van der Waals surface area (Å²) in [4.78, 5) is 4.62. The van der Waals surface area contributed by atoms with Gasteiger partial charge in [0.05, 0.1) is 14.2 Å². The van der Waals surface area contributed by atoms with Crippen molar-refractivity contribution in [3.8, 4) is 22.8 Å². The molecule has 16 heavy (non-hydrogen) atoms. The monoisotopic (exact) mass is 283 g/mol. The van der Waals surface area contributed by atoms with E-state index in [4.69, 9.17) is 13.9 Å². The fourth-order valence-corrected chi connectivity index (χ4v) is 1.67. The average Bonchev–Trinajstić information content (AvgIpc) is 2.75. The van der Waals surface area contributed by atoms with E-state index in [-0.39, 0.29) is 0 Å². The molecular formula is C11H10BrNO3. The Balaban J connectivity index is 2.52. The maximum atomic E-state index is 5.26. The Morgan fingerprint density at radius 2 is 2.06 bits per heavy atom. The third-order valence-corrected chi connectivity index (χ3v) is 2.52. The molecule has 0 aliphatic heterocycles. The van der Waals surface area contributed by atoms with Crippen LogP contribution in [-0.4, -0.2) is 19.2 Å². The van der Waals surface area contributed by atoms with Gasteiger partial charge in [0.15, 0.2) is 0 Å². The van der Waals surface area contributed by atoms with Crippen molar-refractivity contribution in [1.29, 1.82) is 0 Å². The van der Waals surface area contributed by atoms with Gasteiger partial charge in [0.25, 0.3) is 4.80 Å². The predicted octanol–water partition coefficient (Wildman–Crippen LogP) is 3.12. The number of halogens is 1. The molecule has 0 saturated heterocycles. The summed E-state index contributed by atoms with van der Waals surface area (Å²) >= 11 is 3.16. The lowest BCUT2D eigenvalue weighted by Gasteiger charge is -2.07. The molecule has 0 radical (unpaired) electrons. The third-order valence-electron chi connectivity index (χ3n) is 2.16. The number of aromatic nitrogens is 1. The van der Waals surface area contributed by atoms with Gasteiger partial charge in [0, 0.05) is 21.5 Å². The molecule has 0 bridgehead atoms. The summed E-state index contributed by atoms with van der Waals surface area (Å²) in [6, 6.07) is 5.51. The quantitative estimate of drug-likeness (QED) is 0.868. The van der Waals surface area contributed by atoms with E-state index in [1.54, 1.807) is 20.5 Å². The second-order valence-electron chi connectivity index (χ2n) is 3.05. The Morgan fingerprint density at radius 3 is 2.62 bits per heavy atom. The summed E-state index contributed by atoms with van der Waals surface area (Å²) in [5.41, 5.74) is 1.53. The molecule has 2 rings (SSSR count). The lowest BCUT2D eigenvalue weighted by atomic mass is 10.1. The molecule has 0 unspecified atom stereocenters. The van der Waals surface area contributed by atoms with Gasteiger partial charge in [-0.05, 0) is 18.2 Å². The Hall–Kier alpha value is -1.49. The van der Waals surface area contributed by atoms with Gasteiger partial charge in [-0.15, -0.1) is 0 Å². The lowest BCUT2D eigenvalue weighted by Crippen LogP contribution is -1.90. The molecule has 1 aromatic heterocycles. The molecule has 2 aromatic rings. The first kappa shape index (κ1) is 11.0. The van der Waals surface area contributed by atoms with Gasteiger partial charge in [-0.1, -0.05) is 0 Å². The van der Waals surface area contributed by atoms with Crippen LogP contribution in [0.15, 0.2) is 33.7 Å². The van der Waals surface area contributed by atoms with E-state index in [0.717, 1.165) is 17.1 Å². The van der Waals surface area contributed by atoms with Crippen LogP contribution in [0.1, 0.15) is 0 Å². The molecular weight excluding hydrogens is 274 g/mol. The fraction of sp³-hybridized carbons (Fsp3) is 0.182. The minimum absolute atomic E-state index is 0.437. The largest absolute Gasteiger partial charge is 0.497 e. The summed E-state index contributed by atoms with van der Waals surface area (Å²) in [6.45, 7) is 0. The van der Waals surface area contributed by atoms with Crippen molar-refractivity contribution >= 4 is 15.9 Å². The first-order valence-electron chi connectivity index (χ1n) is 4.58. The Morgan fingerprint density at radius 1 is 1.25 bits per heavy atom. The van der Waals surface area contributed by atoms with Crippen molar-refractivity contribution < 1.29 is 13.9 Å². The van der Waals surface area contributed by atoms with Crippen LogP contribution in [0.4, 0.5) is 0 Å². The molecule has 4 nitrogen and oxygen atoms in total. The number of hydrogen-bond acceptors (Lipinski definition) is 4. The highest BCUT2D eigenvalue weighted by Gasteiger charge is 2.11. The Labute approximate surface area is 101 Å². The first-order chi connectivity index (χ1) is 7.74. The molecule has 84 valence electrons. The number of nitrogens with zero attached hydrogens (tertiary/aromatic N) is 1. The van der Waals surface area contributed by atoms with Crippen LogP contribution in [0, 0.1) is 0 Å². The normalized spacial score (nSPS) is 10.2. The SMILES string of the molecule is COc1ccc(OC)c(-c2coc(Br)n2)c1. The predicted molar refractivity (Wildman–Crippen MR) is 62.7 cm³/mol. The van der Waals surface area contributed by atoms with Crippen molar-refractivity contribution in [3.63, 3.8) is 0 Å². The molecule has 5 heteroatoms. The summed E-state index contributed by atoms with van der Waals surface area (Å²) in [6.07, 6.45) is 1.56. The maximum Gasteiger partial charge on any atom is 0.264 e. The first-order valence-corrected chi connectivity index (χ1v) is 5.37. The Bertz CT molecular complexity index is 496. The highest BCUT2D eigenvalue weighted by Crippen LogP contribution is 2.33. The zero-order chi connectivity index (χ0) is 11.5. The minimum Gasteiger partial charge on any atom is -0.497 e. The standard InChI is InChI=1S/C11H10BrNO3/c1-14-7-3-4-10(15-2)8(5-7)9-6-16-11(12)13-9/h3-6H,1-2H3. The Kier molecular flexibility index (Phi) is 3.14. The van der Waals surface area contributed by atoms with E-state index in [1.165, 1.54) is 0 Å². The second kappa shape index (κ2) is 4.57. The van der Waals surface area contributed by atoms with Gasteiger partial charge in [-0.3, -0.25) is 0 Å². The van der Waals surface area contributed by atoms with Gasteiger partial charge >= 0.3 is 0 Å². The van der Waals surface area contributed by atoms with Gasteiger partial charge in [0.2, 0.25) is 0 Å². The zero-order valence-corrected chi connectivity index (χ0v) is 10.4. The van der Waals surface area contributed by atoms with Gasteiger partial charge in [-0.25, -0.2) is 4.98 Å². The summed E-state index contributed by atoms with van der Waals surface area (Å²) in [5, 5.41) is 0. The van der Waals surface area contributed by atoms with E-state index in [9.17, 15) is 0 Å². The van der Waals surface area contributed by atoms with Crippen LogP contribution in [-0.2, 0) is 0 Å². The smallest absolute Gasteiger partial charge is 0.264 e. The van der Waals surface area contributed by atoms with E-state index in [0.29, 0.717) is 10.5 Å². The third kappa shape index (κ3) is 2.04. The molecule has 0 aliphatic carbocycles. The molecule has 0 N–H and O–H groups in total. The molecule has 0 aliphatic rings. The van der Waals surface area contributed by atoms with Crippen molar-refractivity contribution in [2.45, 2.75) is 0 Å². The second-order valence-corrected chi connectivity index (χ2v) is 3.73.